The van der Waals surface area contributed by atoms with E-state index in [9.17, 15) is 39.3 Å². The Morgan fingerprint density at radius 3 is 2.29 bits per heavy atom. The highest BCUT2D eigenvalue weighted by Gasteiger charge is 2.79. The normalized spacial score (nSPS) is 40.2. The Balaban J connectivity index is 1.87. The fourth-order valence-electron chi connectivity index (χ4n) is 10.1. The maximum atomic E-state index is 14.1. The van der Waals surface area contributed by atoms with Gasteiger partial charge in [0.2, 0.25) is 0 Å². The van der Waals surface area contributed by atoms with E-state index in [-0.39, 0.29) is 25.1 Å². The van der Waals surface area contributed by atoms with Crippen LogP contribution < -0.4 is 0 Å². The lowest BCUT2D eigenvalue weighted by molar-refractivity contribution is -0.328. The molecule has 5 rings (SSSR count). The zero-order chi connectivity index (χ0) is 41.8. The van der Waals surface area contributed by atoms with Crippen molar-refractivity contribution in [1.82, 2.24) is 0 Å². The van der Waals surface area contributed by atoms with Gasteiger partial charge in [-0.1, -0.05) is 54.5 Å². The Morgan fingerprint density at radius 1 is 1.05 bits per heavy atom. The molecule has 312 valence electrons. The topological polar surface area (TPSA) is 224 Å². The van der Waals surface area contributed by atoms with Crippen molar-refractivity contribution in [3.8, 4) is 0 Å². The maximum absolute atomic E-state index is 14.1. The summed E-state index contributed by atoms with van der Waals surface area (Å²) >= 11 is 0. The van der Waals surface area contributed by atoms with Crippen LogP contribution in [0.2, 0.25) is 0 Å². The second-order valence-electron chi connectivity index (χ2n) is 16.8. The van der Waals surface area contributed by atoms with Crippen molar-refractivity contribution in [1.29, 1.82) is 0 Å². The standard InChI is InChI=1S/C40H56O16/c1-11-21(4)31(44)35(46)55-33-32(51-19-41)30(22(5)40(48)27(54-34(45)20(2)3)14-25(38(33,40)9)24-12-13-50-17-24)37(8)26(15-29(43)49-10)36(7)18-52-39(47,56-36)16-28(37)53-23(6)42/h12-13,17,19-21,25-28,30-33,44,47-48H,5,11,14-16,18H2,1-4,6-10H3. The Labute approximate surface area is 326 Å². The molecule has 0 amide bonds. The second-order valence-corrected chi connectivity index (χ2v) is 16.8. The summed E-state index contributed by atoms with van der Waals surface area (Å²) in [5.74, 6) is -10.2. The van der Waals surface area contributed by atoms with Crippen molar-refractivity contribution < 1.29 is 76.9 Å². The molecule has 2 saturated heterocycles. The summed E-state index contributed by atoms with van der Waals surface area (Å²) in [6, 6.07) is 1.64. The highest BCUT2D eigenvalue weighted by atomic mass is 16.9. The van der Waals surface area contributed by atoms with Crippen LogP contribution in [0.25, 0.3) is 0 Å². The molecule has 14 atom stereocenters. The number of carbonyl (C=O) groups excluding carboxylic acids is 5. The molecule has 3 heterocycles. The molecule has 4 fully saturated rings. The Morgan fingerprint density at radius 2 is 1.73 bits per heavy atom. The van der Waals surface area contributed by atoms with Crippen LogP contribution in [0.4, 0.5) is 0 Å². The quantitative estimate of drug-likeness (QED) is 0.113. The Bertz CT molecular complexity index is 1680. The average molecular weight is 793 g/mol. The van der Waals surface area contributed by atoms with Gasteiger partial charge in [0.25, 0.3) is 12.4 Å². The minimum absolute atomic E-state index is 0.0589. The predicted octanol–water partition coefficient (Wildman–Crippen LogP) is 3.09. The van der Waals surface area contributed by atoms with Gasteiger partial charge >= 0.3 is 23.9 Å². The lowest BCUT2D eigenvalue weighted by Gasteiger charge is -2.62. The van der Waals surface area contributed by atoms with Gasteiger partial charge in [0, 0.05) is 30.1 Å². The fraction of sp³-hybridized carbons (Fsp3) is 0.725. The molecule has 2 aliphatic carbocycles. The van der Waals surface area contributed by atoms with Crippen LogP contribution in [0.1, 0.15) is 92.6 Å². The zero-order valence-electron chi connectivity index (χ0n) is 33.5. The predicted molar refractivity (Wildman–Crippen MR) is 192 cm³/mol. The van der Waals surface area contributed by atoms with Crippen molar-refractivity contribution in [3.05, 3.63) is 36.3 Å². The lowest BCUT2D eigenvalue weighted by Crippen LogP contribution is -2.72. The van der Waals surface area contributed by atoms with Gasteiger partial charge in [-0.25, -0.2) is 4.79 Å². The van der Waals surface area contributed by atoms with Gasteiger partial charge < -0.3 is 52.9 Å². The van der Waals surface area contributed by atoms with Crippen LogP contribution in [-0.4, -0.2) is 107 Å². The van der Waals surface area contributed by atoms with Crippen LogP contribution in [-0.2, 0) is 57.1 Å². The van der Waals surface area contributed by atoms with Gasteiger partial charge in [-0.15, -0.1) is 0 Å². The highest BCUT2D eigenvalue weighted by Crippen LogP contribution is 2.70. The first kappa shape index (κ1) is 43.3. The molecule has 2 saturated carbocycles. The molecule has 16 heteroatoms. The zero-order valence-corrected chi connectivity index (χ0v) is 33.5. The first-order valence-electron chi connectivity index (χ1n) is 19.0. The number of hydrogen-bond acceptors (Lipinski definition) is 16. The van der Waals surface area contributed by atoms with Crippen molar-refractivity contribution in [2.45, 2.75) is 135 Å². The Kier molecular flexibility index (Phi) is 12.0. The summed E-state index contributed by atoms with van der Waals surface area (Å²) in [4.78, 5) is 66.6. The molecular formula is C40H56O16. The van der Waals surface area contributed by atoms with E-state index in [0.29, 0.717) is 12.0 Å². The monoisotopic (exact) mass is 792 g/mol. The van der Waals surface area contributed by atoms with Gasteiger partial charge in [-0.2, -0.15) is 0 Å². The van der Waals surface area contributed by atoms with E-state index in [1.165, 1.54) is 19.6 Å². The molecule has 0 radical (unpaired) electrons. The summed E-state index contributed by atoms with van der Waals surface area (Å²) in [7, 11) is 1.18. The Hall–Kier alpha value is -3.83. The summed E-state index contributed by atoms with van der Waals surface area (Å²) in [6.45, 7) is 16.9. The van der Waals surface area contributed by atoms with Crippen molar-refractivity contribution in [2.24, 2.45) is 34.5 Å². The molecule has 2 aliphatic heterocycles. The van der Waals surface area contributed by atoms with Gasteiger partial charge in [-0.3, -0.25) is 19.2 Å². The van der Waals surface area contributed by atoms with Crippen LogP contribution in [0.5, 0.6) is 0 Å². The maximum Gasteiger partial charge on any atom is 0.335 e. The molecule has 56 heavy (non-hydrogen) atoms. The van der Waals surface area contributed by atoms with Crippen LogP contribution in [0, 0.1) is 34.5 Å². The third-order valence-corrected chi connectivity index (χ3v) is 13.3. The van der Waals surface area contributed by atoms with Crippen LogP contribution >= 0.6 is 0 Å². The van der Waals surface area contributed by atoms with Crippen molar-refractivity contribution in [2.75, 3.05) is 13.7 Å². The largest absolute Gasteiger partial charge is 0.472 e. The number of aliphatic hydroxyl groups is 3. The molecular weight excluding hydrogens is 736 g/mol. The molecule has 0 aromatic carbocycles. The van der Waals surface area contributed by atoms with Crippen LogP contribution in [0.15, 0.2) is 35.2 Å². The molecule has 2 bridgehead atoms. The summed E-state index contributed by atoms with van der Waals surface area (Å²) in [6.07, 6.45) is -5.47. The summed E-state index contributed by atoms with van der Waals surface area (Å²) in [5, 5.41) is 36.5. The minimum Gasteiger partial charge on any atom is -0.472 e. The van der Waals surface area contributed by atoms with E-state index in [1.54, 1.807) is 54.5 Å². The fourth-order valence-corrected chi connectivity index (χ4v) is 10.1. The molecule has 4 aliphatic rings. The number of rotatable bonds is 13. The van der Waals surface area contributed by atoms with E-state index in [0.717, 1.165) is 6.92 Å². The first-order chi connectivity index (χ1) is 26.1. The number of furan rings is 1. The SMILES string of the molecule is C=C1C(C2(C)C(OC(C)=O)CC3(O)OCC(C)(O3)C2CC(=O)OC)C(OC=O)C(OC(=O)C(O)C(C)CC)C2(C)C(c3ccoc3)CC(OC(=O)C(C)C)C12O. The molecule has 0 spiro atoms. The third-order valence-electron chi connectivity index (χ3n) is 13.3. The number of carbonyl (C=O) groups is 5. The third kappa shape index (κ3) is 6.84. The molecule has 1 aromatic heterocycles. The van der Waals surface area contributed by atoms with Crippen molar-refractivity contribution in [3.63, 3.8) is 0 Å². The number of esters is 4. The molecule has 14 unspecified atom stereocenters. The molecule has 16 nitrogen and oxygen atoms in total. The van der Waals surface area contributed by atoms with Gasteiger partial charge in [-0.05, 0) is 36.5 Å². The van der Waals surface area contributed by atoms with Gasteiger partial charge in [0.05, 0.1) is 56.0 Å². The van der Waals surface area contributed by atoms with Gasteiger partial charge in [0.15, 0.2) is 6.10 Å². The number of fused-ring (bicyclic) bond motifs is 3. The number of hydrogen-bond donors (Lipinski definition) is 3. The first-order valence-corrected chi connectivity index (χ1v) is 19.0. The number of methoxy groups -OCH3 is 1. The van der Waals surface area contributed by atoms with E-state index in [1.807, 2.05) is 0 Å². The van der Waals surface area contributed by atoms with Crippen molar-refractivity contribution >= 4 is 30.3 Å². The van der Waals surface area contributed by atoms with E-state index >= 15 is 0 Å². The van der Waals surface area contributed by atoms with E-state index in [4.69, 9.17) is 37.6 Å². The second kappa shape index (κ2) is 15.5. The average Bonchev–Trinajstić information content (AvgIpc) is 3.83. The van der Waals surface area contributed by atoms with Crippen LogP contribution in [0.3, 0.4) is 0 Å². The summed E-state index contributed by atoms with van der Waals surface area (Å²) < 4.78 is 46.9. The lowest BCUT2D eigenvalue weighted by atomic mass is 9.46. The smallest absolute Gasteiger partial charge is 0.335 e. The van der Waals surface area contributed by atoms with E-state index in [2.05, 4.69) is 6.58 Å². The molecule has 1 aromatic rings. The van der Waals surface area contributed by atoms with E-state index < -0.39 is 125 Å². The number of ether oxygens (including phenoxy) is 7. The van der Waals surface area contributed by atoms with Gasteiger partial charge in [0.1, 0.15) is 30.0 Å². The minimum atomic E-state index is -2.33. The molecule has 3 N–H and O–H groups in total. The summed E-state index contributed by atoms with van der Waals surface area (Å²) in [5.41, 5.74) is -6.89. The highest BCUT2D eigenvalue weighted by molar-refractivity contribution is 5.75. The number of aliphatic hydroxyl groups excluding tert-OH is 1.